The standard InChI is InChI=1S/C27H26N4O3/c1-5-34-27(33)22-16-28-31(23-15-19(4)21-8-6-7-18(3)25(21)29-23)26(22)30-24(32)14-13-20-11-9-17(2)10-12-20/h6-16H,5H2,1-4H3,(H,30,32)/b14-13+. The molecule has 0 saturated heterocycles. The number of pyridine rings is 1. The third-order valence-electron chi connectivity index (χ3n) is 5.46. The highest BCUT2D eigenvalue weighted by atomic mass is 16.5. The molecule has 0 radical (unpaired) electrons. The van der Waals surface area contributed by atoms with Gasteiger partial charge in [0.05, 0.1) is 18.3 Å². The van der Waals surface area contributed by atoms with Crippen LogP contribution >= 0.6 is 0 Å². The number of rotatable bonds is 6. The van der Waals surface area contributed by atoms with Crippen molar-refractivity contribution in [3.8, 4) is 5.82 Å². The number of nitrogens with one attached hydrogen (secondary N) is 1. The fourth-order valence-electron chi connectivity index (χ4n) is 3.66. The Bertz CT molecular complexity index is 1400. The number of fused-ring (bicyclic) bond motifs is 1. The van der Waals surface area contributed by atoms with Gasteiger partial charge in [0.25, 0.3) is 0 Å². The first kappa shape index (κ1) is 22.9. The average Bonchev–Trinajstić information content (AvgIpc) is 3.23. The second-order valence-electron chi connectivity index (χ2n) is 8.04. The van der Waals surface area contributed by atoms with E-state index in [-0.39, 0.29) is 18.0 Å². The Kier molecular flexibility index (Phi) is 6.54. The molecule has 2 heterocycles. The van der Waals surface area contributed by atoms with E-state index in [1.807, 2.05) is 69.3 Å². The maximum absolute atomic E-state index is 12.8. The molecule has 0 spiro atoms. The molecule has 0 unspecified atom stereocenters. The summed E-state index contributed by atoms with van der Waals surface area (Å²) in [6.45, 7) is 7.91. The van der Waals surface area contributed by atoms with E-state index in [2.05, 4.69) is 10.4 Å². The van der Waals surface area contributed by atoms with Gasteiger partial charge in [-0.05, 0) is 56.5 Å². The monoisotopic (exact) mass is 454 g/mol. The Morgan fingerprint density at radius 2 is 1.82 bits per heavy atom. The minimum Gasteiger partial charge on any atom is -0.462 e. The van der Waals surface area contributed by atoms with Crippen LogP contribution in [0, 0.1) is 20.8 Å². The van der Waals surface area contributed by atoms with Gasteiger partial charge < -0.3 is 10.1 Å². The van der Waals surface area contributed by atoms with Crippen molar-refractivity contribution < 1.29 is 14.3 Å². The van der Waals surface area contributed by atoms with Crippen LogP contribution in [0.25, 0.3) is 22.8 Å². The van der Waals surface area contributed by atoms with Gasteiger partial charge >= 0.3 is 5.97 Å². The van der Waals surface area contributed by atoms with Crippen molar-refractivity contribution in [3.63, 3.8) is 0 Å². The molecule has 172 valence electrons. The number of carbonyl (C=O) groups excluding carboxylic acids is 2. The molecule has 0 saturated carbocycles. The quantitative estimate of drug-likeness (QED) is 0.321. The van der Waals surface area contributed by atoms with Crippen molar-refractivity contribution in [1.82, 2.24) is 14.8 Å². The molecule has 4 aromatic rings. The first-order valence-electron chi connectivity index (χ1n) is 11.1. The molecule has 7 nitrogen and oxygen atoms in total. The number of esters is 1. The van der Waals surface area contributed by atoms with Crippen molar-refractivity contribution in [2.45, 2.75) is 27.7 Å². The lowest BCUT2D eigenvalue weighted by Crippen LogP contribution is -2.16. The number of aryl methyl sites for hydroxylation is 3. The van der Waals surface area contributed by atoms with Crippen molar-refractivity contribution in [2.75, 3.05) is 11.9 Å². The third-order valence-corrected chi connectivity index (χ3v) is 5.46. The molecule has 0 aliphatic rings. The summed E-state index contributed by atoms with van der Waals surface area (Å²) in [5.41, 5.74) is 5.05. The van der Waals surface area contributed by atoms with Gasteiger partial charge in [-0.15, -0.1) is 0 Å². The Hall–Kier alpha value is -4.26. The maximum atomic E-state index is 12.8. The Morgan fingerprint density at radius 1 is 1.06 bits per heavy atom. The average molecular weight is 455 g/mol. The van der Waals surface area contributed by atoms with Crippen LogP contribution in [0.5, 0.6) is 0 Å². The highest BCUT2D eigenvalue weighted by Gasteiger charge is 2.22. The molecule has 0 aliphatic carbocycles. The van der Waals surface area contributed by atoms with E-state index in [0.717, 1.165) is 33.2 Å². The number of carbonyl (C=O) groups is 2. The highest BCUT2D eigenvalue weighted by molar-refractivity contribution is 6.05. The molecule has 0 fully saturated rings. The Morgan fingerprint density at radius 3 is 2.56 bits per heavy atom. The molecule has 0 atom stereocenters. The molecular weight excluding hydrogens is 428 g/mol. The van der Waals surface area contributed by atoms with E-state index in [0.29, 0.717) is 5.82 Å². The normalized spacial score (nSPS) is 11.2. The number of ether oxygens (including phenoxy) is 1. The number of nitrogens with zero attached hydrogens (tertiary/aromatic N) is 3. The molecular formula is C27H26N4O3. The number of hydrogen-bond acceptors (Lipinski definition) is 5. The zero-order valence-electron chi connectivity index (χ0n) is 19.6. The van der Waals surface area contributed by atoms with Crippen LogP contribution in [-0.2, 0) is 9.53 Å². The van der Waals surface area contributed by atoms with Gasteiger partial charge in [-0.1, -0.05) is 48.0 Å². The number of hydrogen-bond donors (Lipinski definition) is 1. The summed E-state index contributed by atoms with van der Waals surface area (Å²) in [6, 6.07) is 15.7. The van der Waals surface area contributed by atoms with Crippen LogP contribution in [0.1, 0.15) is 39.5 Å². The fraction of sp³-hybridized carbons (Fsp3) is 0.185. The highest BCUT2D eigenvalue weighted by Crippen LogP contribution is 2.26. The van der Waals surface area contributed by atoms with E-state index < -0.39 is 11.9 Å². The molecule has 1 amide bonds. The van der Waals surface area contributed by atoms with E-state index in [1.165, 1.54) is 17.0 Å². The molecule has 0 aliphatic heterocycles. The van der Waals surface area contributed by atoms with Crippen molar-refractivity contribution in [1.29, 1.82) is 0 Å². The second kappa shape index (κ2) is 9.70. The summed E-state index contributed by atoms with van der Waals surface area (Å²) < 4.78 is 6.63. The van der Waals surface area contributed by atoms with Gasteiger partial charge in [0.2, 0.25) is 5.91 Å². The third kappa shape index (κ3) is 4.73. The number of amides is 1. The van der Waals surface area contributed by atoms with E-state index in [1.54, 1.807) is 13.0 Å². The molecule has 1 N–H and O–H groups in total. The minimum absolute atomic E-state index is 0.156. The minimum atomic E-state index is -0.569. The molecule has 2 aromatic heterocycles. The van der Waals surface area contributed by atoms with Gasteiger partial charge in [-0.3, -0.25) is 4.79 Å². The largest absolute Gasteiger partial charge is 0.462 e. The summed E-state index contributed by atoms with van der Waals surface area (Å²) in [6.07, 6.45) is 4.51. The van der Waals surface area contributed by atoms with Crippen molar-refractivity contribution in [2.24, 2.45) is 0 Å². The molecule has 7 heteroatoms. The van der Waals surface area contributed by atoms with E-state index in [4.69, 9.17) is 9.72 Å². The summed E-state index contributed by atoms with van der Waals surface area (Å²) in [5.74, 6) is -0.272. The Labute approximate surface area is 198 Å². The SMILES string of the molecule is CCOC(=O)c1cnn(-c2cc(C)c3cccc(C)c3n2)c1NC(=O)/C=C/c1ccc(C)cc1. The number of aromatic nitrogens is 3. The zero-order valence-corrected chi connectivity index (χ0v) is 19.6. The smallest absolute Gasteiger partial charge is 0.343 e. The van der Waals surface area contributed by atoms with Gasteiger partial charge in [0.1, 0.15) is 5.56 Å². The lowest BCUT2D eigenvalue weighted by atomic mass is 10.1. The predicted octanol–water partition coefficient (Wildman–Crippen LogP) is 5.17. The predicted molar refractivity (Wildman–Crippen MR) is 133 cm³/mol. The topological polar surface area (TPSA) is 86.1 Å². The van der Waals surface area contributed by atoms with E-state index in [9.17, 15) is 9.59 Å². The van der Waals surface area contributed by atoms with Crippen LogP contribution in [-0.4, -0.2) is 33.2 Å². The van der Waals surface area contributed by atoms with Crippen molar-refractivity contribution in [3.05, 3.63) is 88.6 Å². The van der Waals surface area contributed by atoms with Crippen molar-refractivity contribution >= 4 is 34.7 Å². The molecule has 2 aromatic carbocycles. The first-order chi connectivity index (χ1) is 16.4. The summed E-state index contributed by atoms with van der Waals surface area (Å²) in [7, 11) is 0. The van der Waals surface area contributed by atoms with E-state index >= 15 is 0 Å². The van der Waals surface area contributed by atoms with Gasteiger partial charge in [-0.2, -0.15) is 9.78 Å². The number of anilines is 1. The van der Waals surface area contributed by atoms with Crippen LogP contribution < -0.4 is 5.32 Å². The van der Waals surface area contributed by atoms with Crippen LogP contribution in [0.4, 0.5) is 5.82 Å². The summed E-state index contributed by atoms with van der Waals surface area (Å²) in [5, 5.41) is 8.19. The lowest BCUT2D eigenvalue weighted by Gasteiger charge is -2.12. The molecule has 4 rings (SSSR count). The van der Waals surface area contributed by atoms with Crippen LogP contribution in [0.3, 0.4) is 0 Å². The van der Waals surface area contributed by atoms with Crippen LogP contribution in [0.15, 0.2) is 60.8 Å². The van der Waals surface area contributed by atoms with Gasteiger partial charge in [0.15, 0.2) is 11.6 Å². The fourth-order valence-corrected chi connectivity index (χ4v) is 3.66. The number of para-hydroxylation sites is 1. The van der Waals surface area contributed by atoms with Crippen LogP contribution in [0.2, 0.25) is 0 Å². The lowest BCUT2D eigenvalue weighted by molar-refractivity contribution is -0.111. The first-order valence-corrected chi connectivity index (χ1v) is 11.1. The van der Waals surface area contributed by atoms with Gasteiger partial charge in [0, 0.05) is 11.5 Å². The number of benzene rings is 2. The maximum Gasteiger partial charge on any atom is 0.343 e. The molecule has 34 heavy (non-hydrogen) atoms. The Balaban J connectivity index is 1.74. The molecule has 0 bridgehead atoms. The second-order valence-corrected chi connectivity index (χ2v) is 8.04. The van der Waals surface area contributed by atoms with Gasteiger partial charge in [-0.25, -0.2) is 9.78 Å². The zero-order chi connectivity index (χ0) is 24.2. The summed E-state index contributed by atoms with van der Waals surface area (Å²) >= 11 is 0. The summed E-state index contributed by atoms with van der Waals surface area (Å²) in [4.78, 5) is 30.1.